The quantitative estimate of drug-likeness (QED) is 0.0138. The van der Waals surface area contributed by atoms with E-state index in [4.69, 9.17) is 34.4 Å². The highest BCUT2D eigenvalue weighted by molar-refractivity contribution is 8.01. The smallest absolute Gasteiger partial charge is 0.149 e. The molecule has 28 nitrogen and oxygen atoms in total. The van der Waals surface area contributed by atoms with Crippen molar-refractivity contribution in [3.05, 3.63) is 232 Å². The summed E-state index contributed by atoms with van der Waals surface area (Å²) in [4.78, 5) is 58.0. The van der Waals surface area contributed by atoms with Gasteiger partial charge in [-0.1, -0.05) is 113 Å². The van der Waals surface area contributed by atoms with Crippen LogP contribution in [0.5, 0.6) is 0 Å². The fraction of sp³-hybridized carbons (Fsp3) is 0.491. The second-order valence-corrected chi connectivity index (χ2v) is 44.0. The van der Waals surface area contributed by atoms with Gasteiger partial charge in [-0.05, 0) is 157 Å². The maximum absolute atomic E-state index is 10.4. The first-order valence-electron chi connectivity index (χ1n) is 49.6. The van der Waals surface area contributed by atoms with Crippen molar-refractivity contribution in [2.45, 2.75) is 161 Å². The van der Waals surface area contributed by atoms with Gasteiger partial charge in [-0.15, -0.1) is 34.9 Å². The van der Waals surface area contributed by atoms with Crippen LogP contribution in [-0.4, -0.2) is 294 Å². The van der Waals surface area contributed by atoms with Crippen molar-refractivity contribution < 1.29 is 30.6 Å². The summed E-state index contributed by atoms with van der Waals surface area (Å²) in [6, 6.07) is 17.1. The number of rotatable bonds is 32. The Bertz CT molecular complexity index is 5610. The van der Waals surface area contributed by atoms with Gasteiger partial charge in [-0.25, -0.2) is 15.0 Å². The Labute approximate surface area is 840 Å². The van der Waals surface area contributed by atoms with E-state index in [-0.39, 0.29) is 54.4 Å². The Hall–Kier alpha value is -9.08. The van der Waals surface area contributed by atoms with Crippen LogP contribution in [0.3, 0.4) is 0 Å². The van der Waals surface area contributed by atoms with Gasteiger partial charge < -0.3 is 65.0 Å². The number of nitrogens with two attached hydrogens (primary N) is 6. The van der Waals surface area contributed by atoms with Gasteiger partial charge in [-0.3, -0.25) is 64.3 Å². The minimum Gasteiger partial charge on any atom is -0.398 e. The average Bonchev–Trinajstić information content (AvgIpc) is 1.68. The first-order valence-corrected chi connectivity index (χ1v) is 54.8. The summed E-state index contributed by atoms with van der Waals surface area (Å²) in [5.74, 6) is 5.71. The number of aliphatic hydroxyl groups is 6. The molecule has 33 heteroatoms. The van der Waals surface area contributed by atoms with E-state index in [9.17, 15) is 30.6 Å². The Morgan fingerprint density at radius 1 is 0.309 bits per heavy atom. The third kappa shape index (κ3) is 27.1. The average molecular weight is 1980 g/mol. The number of likely N-dealkylation sites (tertiary alicyclic amines) is 6. The lowest BCUT2D eigenvalue weighted by atomic mass is 9.98. The van der Waals surface area contributed by atoms with E-state index in [1.165, 1.54) is 83.9 Å². The molecule has 2 unspecified atom stereocenters. The zero-order chi connectivity index (χ0) is 96.8. The monoisotopic (exact) mass is 1980 g/mol. The molecule has 21 rings (SSSR count). The van der Waals surface area contributed by atoms with Gasteiger partial charge in [-0.2, -0.15) is 11.8 Å². The molecule has 15 heterocycles. The number of aromatic nitrogens is 10. The number of thiazole rings is 1. The highest BCUT2D eigenvalue weighted by atomic mass is 32.2. The van der Waals surface area contributed by atoms with Crippen molar-refractivity contribution >= 4 is 126 Å². The summed E-state index contributed by atoms with van der Waals surface area (Å²) in [6.45, 7) is 19.7. The van der Waals surface area contributed by atoms with Crippen LogP contribution < -0.4 is 34.4 Å². The fourth-order valence-electron chi connectivity index (χ4n) is 21.2. The van der Waals surface area contributed by atoms with Gasteiger partial charge in [0.05, 0.1) is 82.0 Å². The molecule has 6 aliphatic carbocycles. The van der Waals surface area contributed by atoms with Crippen LogP contribution in [0, 0.1) is 35.5 Å². The lowest BCUT2D eigenvalue weighted by Gasteiger charge is -2.17. The molecule has 6 aliphatic heterocycles. The van der Waals surface area contributed by atoms with Gasteiger partial charge in [0.1, 0.15) is 9.37 Å². The van der Waals surface area contributed by atoms with Gasteiger partial charge in [0, 0.05) is 294 Å². The standard InChI is InChI=1S/C19H22N4OS.C19H29N3O.C18H21N5OS.C18H27N3O.C17H20N4OS2.C15H21N3OS/c20-16-6-8-22-19-13(4-5-15(16)19)9-23-10-14(17(24)11-23)12-25-18-3-1-2-7-21-18;1-2-3-4-5-6-14-11-22(13-18(14)23)12-15-7-8-16-17(20)9-10-21-19(15)16;19-15-3-4-22-18-12(1-2-14(15)18)8-23-9-13(16(24)10-23)11-25-17-7-20-5-6-21-17;1-2-3-4-5-13-10-21(12-17(13)22)11-14-6-7-15-16(19)8-9-20-18(14)15;18-14-3-4-19-16-11(1-2-13(14)16)7-21-8-12(15(22)9-21)10-24-17-20-5-6-23-17;1-20-9-11-7-18(8-14(11)19)6-10-2-3-12-13(16)4-5-17-15(10)12/h1-4,6-8,14,17,24H,5,9-12H2,(H2,20,22);7,9-10,14,18,23H,2-6,8,11-13H2,1H3,(H2,20,21);1,3-7,13,16,24H,2,8-11H2,(H2,19,22);6,8-9,13,17,22H,2-5,7,10-12H2,1H3,(H2,19,20);1,3-6,12,15,22H,2,7-10H2,(H2,18,19);2,4-5,11,14,19H,3,6-9H2,1H3,(H2,16,17)/t14-,17-;14-,18?;13-,16-;13-,17?;12-,15-;11-,14+/m101011/s1. The number of allylic oxidation sites excluding steroid dienone is 6. The third-order valence-corrected chi connectivity index (χ3v) is 34.0. The second kappa shape index (κ2) is 50.2. The van der Waals surface area contributed by atoms with Crippen LogP contribution in [0.2, 0.25) is 0 Å². The molecule has 6 fully saturated rings. The molecule has 0 amide bonds. The number of hydrogen-bond acceptors (Lipinski definition) is 33. The van der Waals surface area contributed by atoms with Crippen molar-refractivity contribution in [3.8, 4) is 0 Å². The summed E-state index contributed by atoms with van der Waals surface area (Å²) in [7, 11) is 0. The third-order valence-electron chi connectivity index (χ3n) is 28.8. The number of hydrogen-bond donors (Lipinski definition) is 12. The predicted octanol–water partition coefficient (Wildman–Crippen LogP) is 12.3. The van der Waals surface area contributed by atoms with Crippen LogP contribution >= 0.6 is 58.4 Å². The Morgan fingerprint density at radius 2 is 0.612 bits per heavy atom. The molecule has 9 aromatic rings. The van der Waals surface area contributed by atoms with Crippen molar-refractivity contribution in [1.82, 2.24) is 79.2 Å². The number of unbranched alkanes of at least 4 members (excludes halogenated alkanes) is 5. The molecule has 12 atom stereocenters. The van der Waals surface area contributed by atoms with Crippen LogP contribution in [0.25, 0.3) is 33.4 Å². The number of anilines is 6. The molecular weight excluding hydrogens is 1840 g/mol. The Balaban J connectivity index is 0.000000121. The van der Waals surface area contributed by atoms with Gasteiger partial charge in [0.2, 0.25) is 0 Å². The van der Waals surface area contributed by atoms with Gasteiger partial charge in [0.15, 0.2) is 0 Å². The number of aliphatic hydroxyl groups excluding tert-OH is 6. The van der Waals surface area contributed by atoms with E-state index in [1.807, 2.05) is 84.1 Å². The number of nitrogen functional groups attached to an aromatic ring is 6. The SMILES string of the molecule is CCCCCC[C@H]1CN(CC2=CCc3c(N)ccnc32)CC1O.CCCCC[C@H]1CN(CC2=CCc3c(N)ccnc32)CC1O.CSC[C@H]1CN(CC2=CCc3c(N)ccnc32)C[C@@H]1O.Nc1ccnc2c1CC=C2CN1C[C@H](CSc2ccccn2)[C@H](O)C1.Nc1ccnc2c1CC=C2CN1C[C@H](CSc2cnccn2)[C@H](O)C1.Nc1ccnc2c1CC=C2CN1C[C@H](CSc2nccs2)[C@H](O)C1. The maximum atomic E-state index is 10.4. The van der Waals surface area contributed by atoms with Crippen molar-refractivity contribution in [2.75, 3.05) is 181 Å². The molecule has 12 aliphatic rings. The van der Waals surface area contributed by atoms with Crippen molar-refractivity contribution in [3.63, 3.8) is 0 Å². The van der Waals surface area contributed by atoms with E-state index < -0.39 is 0 Å². The minimum absolute atomic E-state index is 0.174. The van der Waals surface area contributed by atoms with E-state index in [1.54, 1.807) is 102 Å². The molecule has 0 bridgehead atoms. The van der Waals surface area contributed by atoms with Crippen molar-refractivity contribution in [1.29, 1.82) is 0 Å². The number of pyridine rings is 7. The first-order chi connectivity index (χ1) is 67.7. The van der Waals surface area contributed by atoms with Crippen LogP contribution in [0.15, 0.2) is 179 Å². The molecule has 0 radical (unpaired) electrons. The largest absolute Gasteiger partial charge is 0.398 e. The lowest BCUT2D eigenvalue weighted by Crippen LogP contribution is -2.24. The highest BCUT2D eigenvalue weighted by Crippen LogP contribution is 2.41. The summed E-state index contributed by atoms with van der Waals surface area (Å²) < 4.78 is 1.08. The number of thioether (sulfide) groups is 4. The molecule has 9 aromatic heterocycles. The summed E-state index contributed by atoms with van der Waals surface area (Å²) in [5.41, 5.74) is 61.8. The predicted molar refractivity (Wildman–Crippen MR) is 569 cm³/mol. The summed E-state index contributed by atoms with van der Waals surface area (Å²) in [6.07, 6.45) is 49.9. The molecule has 0 saturated carbocycles. The highest BCUT2D eigenvalue weighted by Gasteiger charge is 2.40. The zero-order valence-electron chi connectivity index (χ0n) is 80.5. The second-order valence-electron chi connectivity index (χ2n) is 38.8. The minimum atomic E-state index is -0.306. The van der Waals surface area contributed by atoms with E-state index in [0.717, 1.165) is 290 Å². The van der Waals surface area contributed by atoms with E-state index in [2.05, 4.69) is 136 Å². The lowest BCUT2D eigenvalue weighted by molar-refractivity contribution is 0.137. The van der Waals surface area contributed by atoms with Gasteiger partial charge >= 0.3 is 0 Å². The maximum Gasteiger partial charge on any atom is 0.149 e. The van der Waals surface area contributed by atoms with E-state index >= 15 is 0 Å². The normalized spacial score (nSPS) is 23.8. The molecule has 18 N–H and O–H groups in total. The van der Waals surface area contributed by atoms with Crippen molar-refractivity contribution in [2.24, 2.45) is 35.5 Å². The molecule has 740 valence electrons. The number of nitrogens with zero attached hydrogens (tertiary/aromatic N) is 16. The number of fused-ring (bicyclic) bond motifs is 6. The first kappa shape index (κ1) is 103. The Morgan fingerprint density at radius 3 is 0.914 bits per heavy atom. The number of β-amino-alcohol motifs (C(OH)–C–C–N with tert-alkyl or cyclic N) is 6. The molecule has 6 saturated heterocycles. The topological polar surface area (TPSA) is 426 Å². The van der Waals surface area contributed by atoms with Gasteiger partial charge in [0.25, 0.3) is 0 Å². The molecule has 139 heavy (non-hydrogen) atoms. The van der Waals surface area contributed by atoms with Crippen LogP contribution in [0.4, 0.5) is 34.1 Å². The van der Waals surface area contributed by atoms with Crippen LogP contribution in [-0.2, 0) is 38.5 Å². The zero-order valence-corrected chi connectivity index (χ0v) is 84.6. The molecule has 0 aromatic carbocycles. The molecular formula is C106H140N22O6S5. The summed E-state index contributed by atoms with van der Waals surface area (Å²) >= 11 is 8.57. The van der Waals surface area contributed by atoms with Crippen LogP contribution in [0.1, 0.15) is 139 Å². The fourth-order valence-corrected chi connectivity index (χ4v) is 25.8. The summed E-state index contributed by atoms with van der Waals surface area (Å²) in [5, 5.41) is 65.8. The molecule has 0 spiro atoms. The Kier molecular flexibility index (Phi) is 37.2. The van der Waals surface area contributed by atoms with E-state index in [0.29, 0.717) is 30.8 Å².